The minimum absolute atomic E-state index is 0.0156. The van der Waals surface area contributed by atoms with Crippen LogP contribution in [0.3, 0.4) is 0 Å². The summed E-state index contributed by atoms with van der Waals surface area (Å²) in [5.74, 6) is -0.0273. The predicted octanol–water partition coefficient (Wildman–Crippen LogP) is 5.09. The van der Waals surface area contributed by atoms with E-state index in [4.69, 9.17) is 0 Å². The number of hydrogen-bond donors (Lipinski definition) is 1. The maximum atomic E-state index is 12.4. The number of hydrogen-bond acceptors (Lipinski definition) is 1. The SMILES string of the molecule is Cc1ccc(C(=O)N[C@@H](C)c2ccc(C(C)(C)C)cc2)cc1C. The highest BCUT2D eigenvalue weighted by Gasteiger charge is 2.15. The Bertz CT molecular complexity index is 693. The number of benzene rings is 2. The molecule has 2 rings (SSSR count). The summed E-state index contributed by atoms with van der Waals surface area (Å²) in [5.41, 5.74) is 5.62. The molecule has 0 radical (unpaired) electrons. The molecule has 0 saturated carbocycles. The lowest BCUT2D eigenvalue weighted by Gasteiger charge is -2.21. The van der Waals surface area contributed by atoms with E-state index in [9.17, 15) is 4.79 Å². The van der Waals surface area contributed by atoms with Crippen LogP contribution in [0, 0.1) is 13.8 Å². The molecule has 0 saturated heterocycles. The fourth-order valence-corrected chi connectivity index (χ4v) is 2.52. The number of nitrogens with one attached hydrogen (secondary N) is 1. The molecular formula is C21H27NO. The molecule has 2 heteroatoms. The van der Waals surface area contributed by atoms with E-state index >= 15 is 0 Å². The Hall–Kier alpha value is -2.09. The van der Waals surface area contributed by atoms with E-state index in [1.807, 2.05) is 32.0 Å². The van der Waals surface area contributed by atoms with Gasteiger partial charge in [0.1, 0.15) is 0 Å². The number of carbonyl (C=O) groups excluding carboxylic acids is 1. The Morgan fingerprint density at radius 2 is 1.57 bits per heavy atom. The summed E-state index contributed by atoms with van der Waals surface area (Å²) in [6.45, 7) is 12.7. The van der Waals surface area contributed by atoms with E-state index in [1.165, 1.54) is 11.1 Å². The molecule has 2 aromatic rings. The van der Waals surface area contributed by atoms with Crippen molar-refractivity contribution in [3.63, 3.8) is 0 Å². The van der Waals surface area contributed by atoms with Gasteiger partial charge in [0, 0.05) is 5.56 Å². The summed E-state index contributed by atoms with van der Waals surface area (Å²) in [5, 5.41) is 3.08. The summed E-state index contributed by atoms with van der Waals surface area (Å²) < 4.78 is 0. The molecule has 0 aliphatic rings. The second-order valence-corrected chi connectivity index (χ2v) is 7.37. The van der Waals surface area contributed by atoms with Gasteiger partial charge in [-0.3, -0.25) is 4.79 Å². The molecule has 2 nitrogen and oxygen atoms in total. The third-order valence-corrected chi connectivity index (χ3v) is 4.39. The molecule has 1 N–H and O–H groups in total. The van der Waals surface area contributed by atoms with Crippen LogP contribution in [0.5, 0.6) is 0 Å². The quantitative estimate of drug-likeness (QED) is 0.840. The lowest BCUT2D eigenvalue weighted by atomic mass is 9.86. The van der Waals surface area contributed by atoms with Crippen LogP contribution in [0.4, 0.5) is 0 Å². The molecule has 23 heavy (non-hydrogen) atoms. The van der Waals surface area contributed by atoms with Gasteiger partial charge in [-0.2, -0.15) is 0 Å². The molecule has 0 aliphatic heterocycles. The molecule has 2 aromatic carbocycles. The lowest BCUT2D eigenvalue weighted by Crippen LogP contribution is -2.26. The van der Waals surface area contributed by atoms with Crippen molar-refractivity contribution in [3.05, 3.63) is 70.3 Å². The molecule has 1 atom stereocenters. The largest absolute Gasteiger partial charge is 0.346 e. The second kappa shape index (κ2) is 6.57. The molecule has 0 heterocycles. The van der Waals surface area contributed by atoms with Crippen LogP contribution in [-0.4, -0.2) is 5.91 Å². The average Bonchev–Trinajstić information content (AvgIpc) is 2.49. The Labute approximate surface area is 139 Å². The van der Waals surface area contributed by atoms with Gasteiger partial charge in [0.2, 0.25) is 0 Å². The van der Waals surface area contributed by atoms with Gasteiger partial charge in [0.15, 0.2) is 0 Å². The predicted molar refractivity (Wildman–Crippen MR) is 96.9 cm³/mol. The smallest absolute Gasteiger partial charge is 0.251 e. The van der Waals surface area contributed by atoms with Crippen LogP contribution >= 0.6 is 0 Å². The summed E-state index contributed by atoms with van der Waals surface area (Å²) in [4.78, 5) is 12.4. The molecule has 0 aliphatic carbocycles. The van der Waals surface area contributed by atoms with E-state index in [0.717, 1.165) is 11.1 Å². The van der Waals surface area contributed by atoms with Crippen LogP contribution in [0.25, 0.3) is 0 Å². The first kappa shape index (κ1) is 17.3. The van der Waals surface area contributed by atoms with Crippen molar-refractivity contribution < 1.29 is 4.79 Å². The molecule has 0 fully saturated rings. The van der Waals surface area contributed by atoms with Gasteiger partial charge >= 0.3 is 0 Å². The van der Waals surface area contributed by atoms with Crippen LogP contribution < -0.4 is 5.32 Å². The maximum absolute atomic E-state index is 12.4. The number of aryl methyl sites for hydroxylation is 2. The van der Waals surface area contributed by atoms with Crippen molar-refractivity contribution in [2.45, 2.75) is 53.0 Å². The Morgan fingerprint density at radius 1 is 0.957 bits per heavy atom. The van der Waals surface area contributed by atoms with Crippen LogP contribution in [-0.2, 0) is 5.41 Å². The van der Waals surface area contributed by atoms with Crippen molar-refractivity contribution in [2.75, 3.05) is 0 Å². The van der Waals surface area contributed by atoms with Gasteiger partial charge in [0.05, 0.1) is 6.04 Å². The number of rotatable bonds is 3. The van der Waals surface area contributed by atoms with Crippen molar-refractivity contribution >= 4 is 5.91 Å². The minimum atomic E-state index is -0.0273. The van der Waals surface area contributed by atoms with Crippen LogP contribution in [0.15, 0.2) is 42.5 Å². The highest BCUT2D eigenvalue weighted by Crippen LogP contribution is 2.24. The highest BCUT2D eigenvalue weighted by atomic mass is 16.1. The Balaban J connectivity index is 2.10. The van der Waals surface area contributed by atoms with E-state index in [0.29, 0.717) is 5.56 Å². The lowest BCUT2D eigenvalue weighted by molar-refractivity contribution is 0.0940. The fourth-order valence-electron chi connectivity index (χ4n) is 2.52. The average molecular weight is 309 g/mol. The van der Waals surface area contributed by atoms with Gasteiger partial charge in [0.25, 0.3) is 5.91 Å². The first-order valence-corrected chi connectivity index (χ1v) is 8.17. The number of amides is 1. The summed E-state index contributed by atoms with van der Waals surface area (Å²) >= 11 is 0. The Morgan fingerprint density at radius 3 is 2.09 bits per heavy atom. The maximum Gasteiger partial charge on any atom is 0.251 e. The zero-order chi connectivity index (χ0) is 17.2. The Kier molecular flexibility index (Phi) is 4.93. The van der Waals surface area contributed by atoms with E-state index in [1.54, 1.807) is 0 Å². The normalized spacial score (nSPS) is 12.8. The van der Waals surface area contributed by atoms with Crippen molar-refractivity contribution in [1.82, 2.24) is 5.32 Å². The zero-order valence-electron chi connectivity index (χ0n) is 15.0. The van der Waals surface area contributed by atoms with Crippen molar-refractivity contribution in [3.8, 4) is 0 Å². The van der Waals surface area contributed by atoms with E-state index < -0.39 is 0 Å². The molecular weight excluding hydrogens is 282 g/mol. The third kappa shape index (κ3) is 4.22. The van der Waals surface area contributed by atoms with Gasteiger partial charge in [-0.05, 0) is 60.6 Å². The highest BCUT2D eigenvalue weighted by molar-refractivity contribution is 5.94. The summed E-state index contributed by atoms with van der Waals surface area (Å²) in [6, 6.07) is 14.3. The van der Waals surface area contributed by atoms with Gasteiger partial charge in [-0.1, -0.05) is 51.1 Å². The van der Waals surface area contributed by atoms with Crippen molar-refractivity contribution in [1.29, 1.82) is 0 Å². The topological polar surface area (TPSA) is 29.1 Å². The summed E-state index contributed by atoms with van der Waals surface area (Å²) in [6.07, 6.45) is 0. The first-order valence-electron chi connectivity index (χ1n) is 8.17. The molecule has 1 amide bonds. The number of carbonyl (C=O) groups is 1. The molecule has 0 spiro atoms. The van der Waals surface area contributed by atoms with Crippen LogP contribution in [0.2, 0.25) is 0 Å². The molecule has 0 aromatic heterocycles. The third-order valence-electron chi connectivity index (χ3n) is 4.39. The van der Waals surface area contributed by atoms with Crippen LogP contribution in [0.1, 0.15) is 66.3 Å². The second-order valence-electron chi connectivity index (χ2n) is 7.37. The van der Waals surface area contributed by atoms with Gasteiger partial charge < -0.3 is 5.32 Å². The summed E-state index contributed by atoms with van der Waals surface area (Å²) in [7, 11) is 0. The minimum Gasteiger partial charge on any atom is -0.346 e. The zero-order valence-corrected chi connectivity index (χ0v) is 15.0. The molecule has 0 unspecified atom stereocenters. The molecule has 122 valence electrons. The standard InChI is InChI=1S/C21H27NO/c1-14-7-8-18(13-15(14)2)20(23)22-16(3)17-9-11-19(12-10-17)21(4,5)6/h7-13,16H,1-6H3,(H,22,23)/t16-/m0/s1. The van der Waals surface area contributed by atoms with Gasteiger partial charge in [-0.15, -0.1) is 0 Å². The monoisotopic (exact) mass is 309 g/mol. The van der Waals surface area contributed by atoms with E-state index in [-0.39, 0.29) is 17.4 Å². The van der Waals surface area contributed by atoms with E-state index in [2.05, 4.69) is 57.3 Å². The van der Waals surface area contributed by atoms with Gasteiger partial charge in [-0.25, -0.2) is 0 Å². The fraction of sp³-hybridized carbons (Fsp3) is 0.381. The van der Waals surface area contributed by atoms with Crippen molar-refractivity contribution in [2.24, 2.45) is 0 Å². The molecule has 0 bridgehead atoms. The first-order chi connectivity index (χ1) is 10.7.